The van der Waals surface area contributed by atoms with Gasteiger partial charge in [0.25, 0.3) is 0 Å². The molecule has 5 heteroatoms. The fourth-order valence-electron chi connectivity index (χ4n) is 2.47. The van der Waals surface area contributed by atoms with Gasteiger partial charge in [0.15, 0.2) is 12.4 Å². The van der Waals surface area contributed by atoms with E-state index in [-0.39, 0.29) is 12.4 Å². The second-order valence-corrected chi connectivity index (χ2v) is 7.29. The van der Waals surface area contributed by atoms with Crippen LogP contribution in [0.25, 0.3) is 16.9 Å². The van der Waals surface area contributed by atoms with Crippen LogP contribution in [0.15, 0.2) is 66.9 Å². The van der Waals surface area contributed by atoms with E-state index in [0.29, 0.717) is 11.3 Å². The number of Topliss-reactive ketones (excluding diaryl/α,β-unsaturated/α-hetero) is 1. The lowest BCUT2D eigenvalue weighted by atomic mass is 9.91. The monoisotopic (exact) mass is 362 g/mol. The quantitative estimate of drug-likeness (QED) is 0.635. The predicted molar refractivity (Wildman–Crippen MR) is 104 cm³/mol. The highest BCUT2D eigenvalue weighted by molar-refractivity contribution is 5.97. The van der Waals surface area contributed by atoms with Crippen LogP contribution in [0.3, 0.4) is 0 Å². The first-order valence-corrected chi connectivity index (χ1v) is 8.77. The molecule has 0 atom stereocenters. The zero-order valence-electron chi connectivity index (χ0n) is 15.7. The molecule has 138 valence electrons. The summed E-state index contributed by atoms with van der Waals surface area (Å²) in [5, 5.41) is 4.58. The standard InChI is InChI=1S/C22H22N2O3/c1-22(2,3)19(25)15-27-21(26)18-14-24(17-12-8-5-9-13-17)23-20(18)16-10-6-4-7-11-16/h4-14H,15H2,1-3H3. The van der Waals surface area contributed by atoms with Crippen LogP contribution < -0.4 is 0 Å². The Bertz CT molecular complexity index is 939. The Balaban J connectivity index is 1.94. The first-order chi connectivity index (χ1) is 12.9. The molecule has 1 heterocycles. The molecule has 3 rings (SSSR count). The zero-order chi connectivity index (χ0) is 19.4. The summed E-state index contributed by atoms with van der Waals surface area (Å²) in [6.07, 6.45) is 1.64. The molecular weight excluding hydrogens is 340 g/mol. The van der Waals surface area contributed by atoms with Crippen LogP contribution in [0.2, 0.25) is 0 Å². The van der Waals surface area contributed by atoms with Crippen molar-refractivity contribution in [2.75, 3.05) is 6.61 Å². The van der Waals surface area contributed by atoms with Crippen LogP contribution >= 0.6 is 0 Å². The summed E-state index contributed by atoms with van der Waals surface area (Å²) in [7, 11) is 0. The Hall–Kier alpha value is -3.21. The van der Waals surface area contributed by atoms with Crippen LogP contribution in [0.4, 0.5) is 0 Å². The topological polar surface area (TPSA) is 61.2 Å². The Kier molecular flexibility index (Phi) is 5.21. The second-order valence-electron chi connectivity index (χ2n) is 7.29. The fourth-order valence-corrected chi connectivity index (χ4v) is 2.47. The van der Waals surface area contributed by atoms with Crippen LogP contribution in [0.1, 0.15) is 31.1 Å². The SMILES string of the molecule is CC(C)(C)C(=O)COC(=O)c1cn(-c2ccccc2)nc1-c1ccccc1. The molecule has 0 radical (unpaired) electrons. The van der Waals surface area contributed by atoms with Crippen molar-refractivity contribution in [3.05, 3.63) is 72.4 Å². The van der Waals surface area contributed by atoms with Crippen molar-refractivity contribution in [2.45, 2.75) is 20.8 Å². The number of ketones is 1. The number of esters is 1. The normalized spacial score (nSPS) is 11.2. The van der Waals surface area contributed by atoms with Gasteiger partial charge in [-0.15, -0.1) is 0 Å². The first-order valence-electron chi connectivity index (χ1n) is 8.77. The summed E-state index contributed by atoms with van der Waals surface area (Å²) in [4.78, 5) is 24.8. The van der Waals surface area contributed by atoms with Crippen molar-refractivity contribution in [3.8, 4) is 16.9 Å². The van der Waals surface area contributed by atoms with Gasteiger partial charge in [-0.25, -0.2) is 9.48 Å². The molecular formula is C22H22N2O3. The van der Waals surface area contributed by atoms with Gasteiger partial charge in [0, 0.05) is 17.2 Å². The Morgan fingerprint density at radius 3 is 2.15 bits per heavy atom. The maximum atomic E-state index is 12.7. The number of rotatable bonds is 5. The summed E-state index contributed by atoms with van der Waals surface area (Å²) in [6.45, 7) is 5.14. The van der Waals surface area contributed by atoms with E-state index in [0.717, 1.165) is 11.3 Å². The summed E-state index contributed by atoms with van der Waals surface area (Å²) in [5.74, 6) is -0.693. The van der Waals surface area contributed by atoms with Gasteiger partial charge in [-0.3, -0.25) is 4.79 Å². The van der Waals surface area contributed by atoms with Gasteiger partial charge in [0.05, 0.1) is 5.69 Å². The van der Waals surface area contributed by atoms with Gasteiger partial charge in [-0.05, 0) is 12.1 Å². The van der Waals surface area contributed by atoms with Crippen molar-refractivity contribution >= 4 is 11.8 Å². The average molecular weight is 362 g/mol. The van der Waals surface area contributed by atoms with Crippen molar-refractivity contribution in [2.24, 2.45) is 5.41 Å². The highest BCUT2D eigenvalue weighted by Crippen LogP contribution is 2.24. The minimum Gasteiger partial charge on any atom is -0.454 e. The third-order valence-corrected chi connectivity index (χ3v) is 4.17. The minimum atomic E-state index is -0.561. The van der Waals surface area contributed by atoms with Crippen molar-refractivity contribution in [1.82, 2.24) is 9.78 Å². The van der Waals surface area contributed by atoms with Crippen LogP contribution in [0, 0.1) is 5.41 Å². The molecule has 0 fully saturated rings. The van der Waals surface area contributed by atoms with Crippen molar-refractivity contribution in [3.63, 3.8) is 0 Å². The maximum Gasteiger partial charge on any atom is 0.342 e. The molecule has 27 heavy (non-hydrogen) atoms. The Labute approximate surface area is 158 Å². The van der Waals surface area contributed by atoms with E-state index in [1.165, 1.54) is 0 Å². The lowest BCUT2D eigenvalue weighted by Gasteiger charge is -2.16. The number of nitrogens with zero attached hydrogens (tertiary/aromatic N) is 2. The highest BCUT2D eigenvalue weighted by Gasteiger charge is 2.25. The van der Waals surface area contributed by atoms with Crippen molar-refractivity contribution in [1.29, 1.82) is 0 Å². The molecule has 0 saturated carbocycles. The molecule has 0 aliphatic heterocycles. The van der Waals surface area contributed by atoms with Gasteiger partial charge in [0.1, 0.15) is 11.3 Å². The summed E-state index contributed by atoms with van der Waals surface area (Å²) < 4.78 is 6.93. The second kappa shape index (κ2) is 7.58. The number of ether oxygens (including phenoxy) is 1. The van der Waals surface area contributed by atoms with E-state index in [2.05, 4.69) is 5.10 Å². The molecule has 0 aliphatic rings. The van der Waals surface area contributed by atoms with Gasteiger partial charge in [0.2, 0.25) is 0 Å². The molecule has 0 amide bonds. The number of para-hydroxylation sites is 1. The number of hydrogen-bond acceptors (Lipinski definition) is 4. The smallest absolute Gasteiger partial charge is 0.342 e. The van der Waals surface area contributed by atoms with E-state index < -0.39 is 11.4 Å². The number of hydrogen-bond donors (Lipinski definition) is 0. The van der Waals surface area contributed by atoms with Gasteiger partial charge in [-0.1, -0.05) is 69.3 Å². The summed E-state index contributed by atoms with van der Waals surface area (Å²) in [5.41, 5.74) is 1.93. The maximum absolute atomic E-state index is 12.7. The number of aromatic nitrogens is 2. The number of carbonyl (C=O) groups is 2. The van der Waals surface area contributed by atoms with Crippen molar-refractivity contribution < 1.29 is 14.3 Å². The number of benzene rings is 2. The van der Waals surface area contributed by atoms with Gasteiger partial charge >= 0.3 is 5.97 Å². The molecule has 0 saturated heterocycles. The summed E-state index contributed by atoms with van der Waals surface area (Å²) >= 11 is 0. The van der Waals surface area contributed by atoms with Crippen LogP contribution in [0.5, 0.6) is 0 Å². The molecule has 1 aromatic heterocycles. The molecule has 0 bridgehead atoms. The van der Waals surface area contributed by atoms with Gasteiger partial charge < -0.3 is 4.74 Å². The third kappa shape index (κ3) is 4.31. The van der Waals surface area contributed by atoms with E-state index in [4.69, 9.17) is 4.74 Å². The highest BCUT2D eigenvalue weighted by atomic mass is 16.5. The lowest BCUT2D eigenvalue weighted by Crippen LogP contribution is -2.26. The third-order valence-electron chi connectivity index (χ3n) is 4.17. The average Bonchev–Trinajstić information content (AvgIpc) is 3.12. The van der Waals surface area contributed by atoms with Gasteiger partial charge in [-0.2, -0.15) is 5.10 Å². The molecule has 0 N–H and O–H groups in total. The van der Waals surface area contributed by atoms with E-state index in [1.54, 1.807) is 31.6 Å². The van der Waals surface area contributed by atoms with E-state index >= 15 is 0 Å². The first kappa shape index (κ1) is 18.6. The minimum absolute atomic E-state index is 0.132. The molecule has 0 unspecified atom stereocenters. The predicted octanol–water partition coefficient (Wildman–Crippen LogP) is 4.31. The molecule has 0 spiro atoms. The Morgan fingerprint density at radius 2 is 1.56 bits per heavy atom. The van der Waals surface area contributed by atoms with E-state index in [9.17, 15) is 9.59 Å². The molecule has 3 aromatic rings. The zero-order valence-corrected chi connectivity index (χ0v) is 15.7. The number of carbonyl (C=O) groups excluding carboxylic acids is 2. The molecule has 5 nitrogen and oxygen atoms in total. The van der Waals surface area contributed by atoms with E-state index in [1.807, 2.05) is 60.7 Å². The molecule has 0 aliphatic carbocycles. The largest absolute Gasteiger partial charge is 0.454 e. The Morgan fingerprint density at radius 1 is 0.963 bits per heavy atom. The fraction of sp³-hybridized carbons (Fsp3) is 0.227. The van der Waals surface area contributed by atoms with Crippen LogP contribution in [-0.2, 0) is 9.53 Å². The summed E-state index contributed by atoms with van der Waals surface area (Å²) in [6, 6.07) is 19.0. The molecule has 2 aromatic carbocycles. The lowest BCUT2D eigenvalue weighted by molar-refractivity contribution is -0.129. The van der Waals surface area contributed by atoms with Crippen LogP contribution in [-0.4, -0.2) is 28.1 Å².